The van der Waals surface area contributed by atoms with E-state index >= 15 is 4.39 Å². The zero-order valence-corrected chi connectivity index (χ0v) is 20.2. The molecule has 3 aromatic heterocycles. The largest absolute Gasteiger partial charge is 0.359 e. The van der Waals surface area contributed by atoms with Crippen molar-refractivity contribution in [3.63, 3.8) is 0 Å². The van der Waals surface area contributed by atoms with Gasteiger partial charge in [0.25, 0.3) is 5.56 Å². The van der Waals surface area contributed by atoms with E-state index in [4.69, 9.17) is 4.52 Å². The molecule has 0 atom stereocenters. The van der Waals surface area contributed by atoms with Crippen molar-refractivity contribution in [2.24, 2.45) is 12.5 Å². The van der Waals surface area contributed by atoms with Crippen LogP contribution in [0, 0.1) is 29.5 Å². The van der Waals surface area contributed by atoms with Gasteiger partial charge >= 0.3 is 5.69 Å². The molecule has 0 spiro atoms. The summed E-state index contributed by atoms with van der Waals surface area (Å²) < 4.78 is 50.1. The molecular weight excluding hydrogens is 491 g/mol. The Hall–Kier alpha value is -4.05. The molecule has 0 unspecified atom stereocenters. The van der Waals surface area contributed by atoms with Gasteiger partial charge in [-0.2, -0.15) is 10.4 Å². The Balaban J connectivity index is 1.73. The van der Waals surface area contributed by atoms with Gasteiger partial charge in [-0.25, -0.2) is 17.6 Å². The van der Waals surface area contributed by atoms with Gasteiger partial charge in [-0.1, -0.05) is 5.16 Å². The summed E-state index contributed by atoms with van der Waals surface area (Å²) in [5, 5.41) is 17.0. The van der Waals surface area contributed by atoms with Gasteiger partial charge < -0.3 is 4.52 Å². The third kappa shape index (κ3) is 4.13. The maximum Gasteiger partial charge on any atom is 0.332 e. The minimum atomic E-state index is -4.23. The molecule has 186 valence electrons. The van der Waals surface area contributed by atoms with Gasteiger partial charge in [-0.3, -0.25) is 18.6 Å². The second-order valence-electron chi connectivity index (χ2n) is 9.17. The van der Waals surface area contributed by atoms with Gasteiger partial charge in [-0.15, -0.1) is 0 Å². The molecule has 0 radical (unpaired) electrons. The lowest BCUT2D eigenvalue weighted by Gasteiger charge is -2.15. The average Bonchev–Trinajstić information content (AvgIpc) is 3.26. The van der Waals surface area contributed by atoms with Crippen molar-refractivity contribution >= 4 is 20.7 Å². The molecule has 0 amide bonds. The van der Waals surface area contributed by atoms with E-state index < -0.39 is 43.0 Å². The summed E-state index contributed by atoms with van der Waals surface area (Å²) in [6, 6.07) is 5.42. The van der Waals surface area contributed by atoms with Crippen LogP contribution in [0.1, 0.15) is 29.9 Å². The summed E-state index contributed by atoms with van der Waals surface area (Å²) in [6.45, 7) is 1.41. The molecule has 1 aliphatic carbocycles. The van der Waals surface area contributed by atoms with E-state index in [-0.39, 0.29) is 24.0 Å². The fourth-order valence-electron chi connectivity index (χ4n) is 4.21. The second-order valence-corrected chi connectivity index (χ2v) is 11.1. The van der Waals surface area contributed by atoms with Gasteiger partial charge in [0.2, 0.25) is 0 Å². The van der Waals surface area contributed by atoms with Gasteiger partial charge in [-0.05, 0) is 31.9 Å². The smallest absolute Gasteiger partial charge is 0.332 e. The maximum absolute atomic E-state index is 15.2. The van der Waals surface area contributed by atoms with Crippen LogP contribution in [0.25, 0.3) is 10.9 Å². The molecule has 1 saturated carbocycles. The summed E-state index contributed by atoms with van der Waals surface area (Å²) in [5.74, 6) is -1.36. The quantitative estimate of drug-likeness (QED) is 0.362. The van der Waals surface area contributed by atoms with E-state index in [1.165, 1.54) is 10.9 Å². The lowest BCUT2D eigenvalue weighted by atomic mass is 10.2. The fraction of sp³-hybridized carbons (Fsp3) is 0.348. The van der Waals surface area contributed by atoms with E-state index in [1.807, 2.05) is 6.07 Å². The van der Waals surface area contributed by atoms with Crippen molar-refractivity contribution in [2.75, 3.05) is 5.75 Å². The number of hydrogen-bond acceptors (Lipinski definition) is 8. The number of nitrogens with zero attached hydrogens (tertiary/aromatic N) is 6. The van der Waals surface area contributed by atoms with Crippen LogP contribution in [-0.4, -0.2) is 38.2 Å². The maximum atomic E-state index is 15.2. The molecular formula is C23H21FN6O5S. The van der Waals surface area contributed by atoms with Crippen LogP contribution < -0.4 is 11.2 Å². The monoisotopic (exact) mass is 512 g/mol. The zero-order valence-electron chi connectivity index (χ0n) is 19.4. The first-order valence-corrected chi connectivity index (χ1v) is 12.7. The molecule has 0 saturated heterocycles. The number of benzene rings is 1. The predicted molar refractivity (Wildman–Crippen MR) is 124 cm³/mol. The second kappa shape index (κ2) is 8.27. The Bertz CT molecular complexity index is 1790. The van der Waals surface area contributed by atoms with E-state index in [0.717, 1.165) is 21.3 Å². The molecule has 1 aliphatic rings. The normalized spacial score (nSPS) is 14.7. The topological polar surface area (TPSA) is 146 Å². The zero-order chi connectivity index (χ0) is 25.8. The Morgan fingerprint density at radius 3 is 2.53 bits per heavy atom. The van der Waals surface area contributed by atoms with E-state index in [9.17, 15) is 23.3 Å². The Labute approximate surface area is 203 Å². The third-order valence-electron chi connectivity index (χ3n) is 6.26. The first-order chi connectivity index (χ1) is 17.0. The van der Waals surface area contributed by atoms with E-state index in [2.05, 4.69) is 10.3 Å². The molecule has 0 bridgehead atoms. The van der Waals surface area contributed by atoms with Crippen LogP contribution in [0.2, 0.25) is 0 Å². The van der Waals surface area contributed by atoms with Gasteiger partial charge in [0.05, 0.1) is 53.1 Å². The van der Waals surface area contributed by atoms with Crippen LogP contribution in [0.5, 0.6) is 0 Å². The first kappa shape index (κ1) is 23.7. The van der Waals surface area contributed by atoms with Crippen molar-refractivity contribution in [1.82, 2.24) is 24.1 Å². The lowest BCUT2D eigenvalue weighted by molar-refractivity contribution is 0.371. The van der Waals surface area contributed by atoms with Crippen LogP contribution in [0.4, 0.5) is 4.39 Å². The van der Waals surface area contributed by atoms with Crippen molar-refractivity contribution in [3.05, 3.63) is 74.3 Å². The molecule has 5 rings (SSSR count). The van der Waals surface area contributed by atoms with Gasteiger partial charge in [0.1, 0.15) is 10.7 Å². The highest BCUT2D eigenvalue weighted by atomic mass is 32.2. The van der Waals surface area contributed by atoms with Crippen LogP contribution in [0.3, 0.4) is 0 Å². The van der Waals surface area contributed by atoms with E-state index in [0.29, 0.717) is 29.9 Å². The summed E-state index contributed by atoms with van der Waals surface area (Å²) in [4.78, 5) is 26.2. The van der Waals surface area contributed by atoms with Crippen LogP contribution in [-0.2, 0) is 30.0 Å². The molecule has 3 heterocycles. The average molecular weight is 513 g/mol. The number of nitriles is 1. The molecule has 1 fully saturated rings. The Kier molecular flexibility index (Phi) is 5.44. The highest BCUT2D eigenvalue weighted by molar-refractivity contribution is 7.91. The number of aryl methyl sites for hydroxylation is 2. The Morgan fingerprint density at radius 1 is 1.19 bits per heavy atom. The minimum absolute atomic E-state index is 0.0839. The van der Waals surface area contributed by atoms with Crippen molar-refractivity contribution < 1.29 is 17.3 Å². The summed E-state index contributed by atoms with van der Waals surface area (Å²) in [6.07, 6.45) is 3.95. The fourth-order valence-corrected chi connectivity index (χ4v) is 6.10. The highest BCUT2D eigenvalue weighted by Crippen LogP contribution is 2.47. The van der Waals surface area contributed by atoms with Crippen LogP contribution in [0.15, 0.2) is 49.6 Å². The van der Waals surface area contributed by atoms with Crippen molar-refractivity contribution in [1.29, 1.82) is 5.26 Å². The molecule has 1 aromatic carbocycles. The molecule has 11 nitrogen and oxygen atoms in total. The Morgan fingerprint density at radius 2 is 1.94 bits per heavy atom. The number of halogens is 1. The summed E-state index contributed by atoms with van der Waals surface area (Å²) >= 11 is 0. The van der Waals surface area contributed by atoms with Gasteiger partial charge in [0.15, 0.2) is 15.6 Å². The number of sulfone groups is 1. The summed E-state index contributed by atoms with van der Waals surface area (Å²) in [7, 11) is -2.54. The molecule has 36 heavy (non-hydrogen) atoms. The minimum Gasteiger partial charge on any atom is -0.359 e. The molecule has 13 heteroatoms. The van der Waals surface area contributed by atoms with Crippen LogP contribution >= 0.6 is 0 Å². The number of rotatable bonds is 7. The number of hydrogen-bond donors (Lipinski definition) is 0. The standard InChI is InChI=1S/C23H21FN6O5S/c1-14-5-16(35-27-14)11-29-19-7-18(24)20(36(33,34)13-23(12-25)3-4-23)6-17(19)21(31)30(22(29)32)10-15-8-26-28(2)9-15/h5-9H,3-4,10-11,13H2,1-2H3. The van der Waals surface area contributed by atoms with Crippen molar-refractivity contribution in [3.8, 4) is 6.07 Å². The van der Waals surface area contributed by atoms with E-state index in [1.54, 1.807) is 26.2 Å². The van der Waals surface area contributed by atoms with Crippen molar-refractivity contribution in [2.45, 2.75) is 37.8 Å². The predicted octanol–water partition coefficient (Wildman–Crippen LogP) is 1.51. The molecule has 0 N–H and O–H groups in total. The third-order valence-corrected chi connectivity index (χ3v) is 8.18. The molecule has 0 aliphatic heterocycles. The number of aromatic nitrogens is 5. The highest BCUT2D eigenvalue weighted by Gasteiger charge is 2.47. The van der Waals surface area contributed by atoms with Gasteiger partial charge in [0, 0.05) is 24.9 Å². The SMILES string of the molecule is Cc1cc(Cn2c(=O)n(Cc3cnn(C)c3)c(=O)c3cc(S(=O)(=O)CC4(C#N)CC4)c(F)cc32)on1. The molecule has 4 aromatic rings. The lowest BCUT2D eigenvalue weighted by Crippen LogP contribution is -2.40. The summed E-state index contributed by atoms with van der Waals surface area (Å²) in [5.41, 5.74) is -1.50. The first-order valence-electron chi connectivity index (χ1n) is 11.0. The number of fused-ring (bicyclic) bond motifs is 1.